The molecular formula is C49H74O11. The van der Waals surface area contributed by atoms with Crippen molar-refractivity contribution in [3.63, 3.8) is 0 Å². The number of allylic oxidation sites excluding steroid dienone is 18. The lowest BCUT2D eigenvalue weighted by Crippen LogP contribution is -2.60. The number of aliphatic carboxylic acids is 1. The van der Waals surface area contributed by atoms with E-state index in [-0.39, 0.29) is 19.4 Å². The summed E-state index contributed by atoms with van der Waals surface area (Å²) in [5, 5.41) is 39.8. The van der Waals surface area contributed by atoms with Gasteiger partial charge in [-0.15, -0.1) is 0 Å². The van der Waals surface area contributed by atoms with Crippen LogP contribution in [0.25, 0.3) is 0 Å². The van der Waals surface area contributed by atoms with Gasteiger partial charge < -0.3 is 39.4 Å². The largest absolute Gasteiger partial charge is 0.479 e. The Kier molecular flexibility index (Phi) is 34.0. The van der Waals surface area contributed by atoms with Crippen LogP contribution < -0.4 is 0 Å². The zero-order valence-corrected chi connectivity index (χ0v) is 36.1. The third kappa shape index (κ3) is 29.2. The highest BCUT2D eigenvalue weighted by Crippen LogP contribution is 2.23. The molecule has 0 bridgehead atoms. The second-order valence-corrected chi connectivity index (χ2v) is 14.4. The van der Waals surface area contributed by atoms with Crippen LogP contribution >= 0.6 is 0 Å². The zero-order chi connectivity index (χ0) is 43.9. The maximum absolute atomic E-state index is 12.7. The van der Waals surface area contributed by atoms with Crippen molar-refractivity contribution in [2.24, 2.45) is 0 Å². The van der Waals surface area contributed by atoms with Gasteiger partial charge in [0, 0.05) is 12.8 Å². The lowest BCUT2D eigenvalue weighted by atomic mass is 9.99. The van der Waals surface area contributed by atoms with Crippen LogP contribution in [-0.4, -0.2) is 88.4 Å². The number of aliphatic hydroxyl groups is 3. The van der Waals surface area contributed by atoms with Crippen LogP contribution in [0.3, 0.4) is 0 Å². The Balaban J connectivity index is 2.45. The first-order valence-electron chi connectivity index (χ1n) is 21.9. The molecule has 0 saturated carbocycles. The van der Waals surface area contributed by atoms with Gasteiger partial charge in [-0.2, -0.15) is 0 Å². The summed E-state index contributed by atoms with van der Waals surface area (Å²) >= 11 is 0. The number of esters is 2. The van der Waals surface area contributed by atoms with Crippen LogP contribution in [0.2, 0.25) is 0 Å². The van der Waals surface area contributed by atoms with Crippen LogP contribution in [0.4, 0.5) is 0 Å². The van der Waals surface area contributed by atoms with Gasteiger partial charge >= 0.3 is 17.9 Å². The van der Waals surface area contributed by atoms with Crippen LogP contribution in [0.5, 0.6) is 0 Å². The van der Waals surface area contributed by atoms with Crippen molar-refractivity contribution >= 4 is 17.9 Å². The number of aliphatic hydroxyl groups excluding tert-OH is 3. The summed E-state index contributed by atoms with van der Waals surface area (Å²) in [6, 6.07) is 0. The minimum Gasteiger partial charge on any atom is -0.479 e. The topological polar surface area (TPSA) is 169 Å². The summed E-state index contributed by atoms with van der Waals surface area (Å²) in [6.07, 6.45) is 42.8. The predicted octanol–water partition coefficient (Wildman–Crippen LogP) is 9.42. The number of hydrogen-bond acceptors (Lipinski definition) is 10. The Morgan fingerprint density at radius 1 is 0.517 bits per heavy atom. The van der Waals surface area contributed by atoms with Crippen LogP contribution in [0.1, 0.15) is 129 Å². The van der Waals surface area contributed by atoms with Crippen molar-refractivity contribution in [3.8, 4) is 0 Å². The normalized spacial score (nSPS) is 20.9. The number of carbonyl (C=O) groups is 3. The van der Waals surface area contributed by atoms with Crippen molar-refractivity contribution < 1.29 is 53.8 Å². The molecule has 1 rings (SSSR count). The first kappa shape index (κ1) is 53.9. The molecule has 0 aromatic rings. The molecule has 0 spiro atoms. The van der Waals surface area contributed by atoms with Gasteiger partial charge in [0.25, 0.3) is 0 Å². The monoisotopic (exact) mass is 839 g/mol. The van der Waals surface area contributed by atoms with Crippen molar-refractivity contribution in [1.82, 2.24) is 0 Å². The van der Waals surface area contributed by atoms with Gasteiger partial charge in [0.1, 0.15) is 24.9 Å². The molecule has 1 heterocycles. The number of carbonyl (C=O) groups excluding carboxylic acids is 2. The highest BCUT2D eigenvalue weighted by atomic mass is 16.7. The molecule has 0 aliphatic carbocycles. The molecule has 11 nitrogen and oxygen atoms in total. The summed E-state index contributed by atoms with van der Waals surface area (Å²) < 4.78 is 21.6. The average molecular weight is 839 g/mol. The van der Waals surface area contributed by atoms with Crippen molar-refractivity contribution in [1.29, 1.82) is 0 Å². The van der Waals surface area contributed by atoms with Gasteiger partial charge in [0.05, 0.1) is 6.61 Å². The number of carboxylic acids is 1. The molecule has 0 aromatic heterocycles. The van der Waals surface area contributed by atoms with Crippen LogP contribution in [-0.2, 0) is 33.3 Å². The van der Waals surface area contributed by atoms with Gasteiger partial charge in [-0.3, -0.25) is 9.59 Å². The third-order valence-electron chi connectivity index (χ3n) is 9.12. The molecule has 4 N–H and O–H groups in total. The fourth-order valence-corrected chi connectivity index (χ4v) is 5.72. The van der Waals surface area contributed by atoms with E-state index in [0.29, 0.717) is 12.8 Å². The van der Waals surface area contributed by atoms with E-state index in [9.17, 15) is 34.8 Å². The van der Waals surface area contributed by atoms with Crippen LogP contribution in [0, 0.1) is 0 Å². The lowest BCUT2D eigenvalue weighted by Gasteiger charge is -2.38. The van der Waals surface area contributed by atoms with Gasteiger partial charge in [-0.05, 0) is 96.3 Å². The number of carboxylic acid groups (broad SMARTS) is 1. The van der Waals surface area contributed by atoms with E-state index < -0.39 is 61.3 Å². The standard InChI is InChI=1S/C49H74O11/c1-3-5-7-9-11-13-15-17-19-20-21-22-24-25-27-29-31-33-35-37-42(50)57-39-41(40-58-49-46(54)44(52)45(53)47(60-49)48(55)56)59-43(51)38-36-34-32-30-28-26-23-18-16-14-12-10-8-6-4-2/h5-8,11-14,17-19,21-23,25,27-28,30,41,44-47,49,52-54H,3-4,9-10,15-16,20,24,26,29,31-40H2,1-2H3,(H,55,56)/b7-5-,8-6-,13-11-,14-12-,19-17-,22-21-,23-18-,27-25-,30-28-. The number of unbranched alkanes of at least 4 members (excludes halogenated alkanes) is 5. The Labute approximate surface area is 359 Å². The smallest absolute Gasteiger partial charge is 0.335 e. The quantitative estimate of drug-likeness (QED) is 0.0277. The maximum Gasteiger partial charge on any atom is 0.335 e. The summed E-state index contributed by atoms with van der Waals surface area (Å²) in [5.74, 6) is -2.56. The summed E-state index contributed by atoms with van der Waals surface area (Å²) in [6.45, 7) is 3.49. The predicted molar refractivity (Wildman–Crippen MR) is 238 cm³/mol. The SMILES string of the molecule is CC/C=C\C/C=C\C/C=C\C/C=C\C/C=C\CCCCCC(=O)OCC(COC1OC(C(=O)O)C(O)C(O)C1O)OC(=O)CCCC/C=C\C/C=C\C/C=C\C/C=C\CC. The summed E-state index contributed by atoms with van der Waals surface area (Å²) in [7, 11) is 0. The molecule has 1 fully saturated rings. The molecule has 1 aliphatic heterocycles. The summed E-state index contributed by atoms with van der Waals surface area (Å²) in [4.78, 5) is 36.8. The van der Waals surface area contributed by atoms with E-state index in [2.05, 4.69) is 123 Å². The second kappa shape index (κ2) is 37.8. The second-order valence-electron chi connectivity index (χ2n) is 14.4. The van der Waals surface area contributed by atoms with E-state index in [0.717, 1.165) is 89.9 Å². The highest BCUT2D eigenvalue weighted by molar-refractivity contribution is 5.73. The minimum absolute atomic E-state index is 0.115. The molecule has 1 aliphatic rings. The Bertz CT molecular complexity index is 1400. The Morgan fingerprint density at radius 2 is 0.933 bits per heavy atom. The molecule has 6 atom stereocenters. The minimum atomic E-state index is -1.88. The molecule has 336 valence electrons. The van der Waals surface area contributed by atoms with E-state index in [1.807, 2.05) is 0 Å². The average Bonchev–Trinajstić information content (AvgIpc) is 3.23. The molecular weight excluding hydrogens is 765 g/mol. The van der Waals surface area contributed by atoms with Crippen molar-refractivity contribution in [3.05, 3.63) is 109 Å². The van der Waals surface area contributed by atoms with Crippen molar-refractivity contribution in [2.45, 2.75) is 166 Å². The lowest BCUT2D eigenvalue weighted by molar-refractivity contribution is -0.298. The fraction of sp³-hybridized carbons (Fsp3) is 0.571. The van der Waals surface area contributed by atoms with E-state index in [1.54, 1.807) is 0 Å². The molecule has 6 unspecified atom stereocenters. The first-order valence-corrected chi connectivity index (χ1v) is 21.9. The Morgan fingerprint density at radius 3 is 1.40 bits per heavy atom. The number of hydrogen-bond donors (Lipinski definition) is 4. The van der Waals surface area contributed by atoms with E-state index >= 15 is 0 Å². The van der Waals surface area contributed by atoms with E-state index in [1.165, 1.54) is 0 Å². The van der Waals surface area contributed by atoms with Gasteiger partial charge in [0.2, 0.25) is 0 Å². The highest BCUT2D eigenvalue weighted by Gasteiger charge is 2.47. The Hall–Kier alpha value is -4.13. The first-order chi connectivity index (χ1) is 29.2. The fourth-order valence-electron chi connectivity index (χ4n) is 5.72. The third-order valence-corrected chi connectivity index (χ3v) is 9.12. The zero-order valence-electron chi connectivity index (χ0n) is 36.1. The number of rotatable bonds is 34. The molecule has 0 amide bonds. The van der Waals surface area contributed by atoms with Gasteiger partial charge in [-0.1, -0.05) is 130 Å². The molecule has 0 radical (unpaired) electrons. The molecule has 11 heteroatoms. The number of ether oxygens (including phenoxy) is 4. The maximum atomic E-state index is 12.7. The molecule has 1 saturated heterocycles. The van der Waals surface area contributed by atoms with Crippen LogP contribution in [0.15, 0.2) is 109 Å². The van der Waals surface area contributed by atoms with Gasteiger partial charge in [-0.25, -0.2) is 4.79 Å². The van der Waals surface area contributed by atoms with Gasteiger partial charge in [0.15, 0.2) is 18.5 Å². The molecule has 0 aromatic carbocycles. The van der Waals surface area contributed by atoms with E-state index in [4.69, 9.17) is 18.9 Å². The summed E-state index contributed by atoms with van der Waals surface area (Å²) in [5.41, 5.74) is 0. The van der Waals surface area contributed by atoms with Crippen molar-refractivity contribution in [2.75, 3.05) is 13.2 Å². The molecule has 60 heavy (non-hydrogen) atoms.